The second-order valence-electron chi connectivity index (χ2n) is 2.27. The monoisotopic (exact) mass is 147 g/mol. The van der Waals surface area contributed by atoms with Crippen molar-refractivity contribution in [1.29, 1.82) is 0 Å². The maximum Gasteiger partial charge on any atom is 0.158 e. The summed E-state index contributed by atoms with van der Waals surface area (Å²) in [5, 5.41) is 0. The van der Waals surface area contributed by atoms with Gasteiger partial charge in [-0.15, -0.1) is 6.42 Å². The zero-order valence-electron chi connectivity index (χ0n) is 6.55. The first kappa shape index (κ1) is 7.55. The average molecular weight is 147 g/mol. The van der Waals surface area contributed by atoms with Gasteiger partial charge in [0, 0.05) is 0 Å². The van der Waals surface area contributed by atoms with E-state index in [2.05, 4.69) is 15.9 Å². The molecule has 0 saturated carbocycles. The van der Waals surface area contributed by atoms with E-state index in [1.165, 1.54) is 0 Å². The molecule has 0 fully saturated rings. The predicted octanol–water partition coefficient (Wildman–Crippen LogP) is 0.657. The molecule has 2 N–H and O–H groups in total. The van der Waals surface area contributed by atoms with E-state index in [0.717, 1.165) is 11.4 Å². The van der Waals surface area contributed by atoms with Gasteiger partial charge in [-0.2, -0.15) is 0 Å². The van der Waals surface area contributed by atoms with Gasteiger partial charge in [-0.05, 0) is 19.8 Å². The summed E-state index contributed by atoms with van der Waals surface area (Å²) in [6.45, 7) is 3.70. The van der Waals surface area contributed by atoms with Gasteiger partial charge in [-0.25, -0.2) is 9.97 Å². The van der Waals surface area contributed by atoms with Gasteiger partial charge >= 0.3 is 0 Å². The normalized spacial score (nSPS) is 9.18. The molecule has 0 bridgehead atoms. The number of hydrogen-bond donors (Lipinski definition) is 1. The van der Waals surface area contributed by atoms with Crippen molar-refractivity contribution in [3.8, 4) is 12.3 Å². The maximum absolute atomic E-state index is 5.48. The lowest BCUT2D eigenvalue weighted by atomic mass is 10.3. The van der Waals surface area contributed by atoms with Crippen molar-refractivity contribution in [3.05, 3.63) is 17.1 Å². The second-order valence-corrected chi connectivity index (χ2v) is 2.27. The van der Waals surface area contributed by atoms with E-state index < -0.39 is 0 Å². The van der Waals surface area contributed by atoms with Gasteiger partial charge in [-0.1, -0.05) is 0 Å². The summed E-state index contributed by atoms with van der Waals surface area (Å²) in [6.07, 6.45) is 5.14. The number of nitrogen functional groups attached to an aromatic ring is 1. The molecule has 1 aromatic heterocycles. The fraction of sp³-hybridized carbons (Fsp3) is 0.250. The molecule has 1 rings (SSSR count). The quantitative estimate of drug-likeness (QED) is 0.548. The van der Waals surface area contributed by atoms with Crippen LogP contribution < -0.4 is 5.73 Å². The van der Waals surface area contributed by atoms with Gasteiger partial charge in [0.15, 0.2) is 11.5 Å². The standard InChI is InChI=1S/C8H9N3/c1-4-7-8(9)11-6(3)5(2)10-7/h1H,2-3H3,(H2,9,11). The summed E-state index contributed by atoms with van der Waals surface area (Å²) in [5.74, 6) is 2.69. The molecule has 1 heterocycles. The highest BCUT2D eigenvalue weighted by Crippen LogP contribution is 2.07. The van der Waals surface area contributed by atoms with E-state index in [-0.39, 0.29) is 0 Å². The number of nitrogens with two attached hydrogens (primary N) is 1. The maximum atomic E-state index is 5.48. The molecule has 0 unspecified atom stereocenters. The third-order valence-corrected chi connectivity index (χ3v) is 1.47. The van der Waals surface area contributed by atoms with Gasteiger partial charge in [-0.3, -0.25) is 0 Å². The number of aromatic nitrogens is 2. The van der Waals surface area contributed by atoms with Crippen LogP contribution in [0.1, 0.15) is 17.1 Å². The molecule has 0 aliphatic carbocycles. The van der Waals surface area contributed by atoms with Crippen LogP contribution in [0.3, 0.4) is 0 Å². The Kier molecular flexibility index (Phi) is 1.77. The van der Waals surface area contributed by atoms with E-state index >= 15 is 0 Å². The Balaban J connectivity index is 3.35. The van der Waals surface area contributed by atoms with Crippen LogP contribution in [0.4, 0.5) is 5.82 Å². The highest BCUT2D eigenvalue weighted by atomic mass is 14.9. The molecule has 1 aromatic rings. The van der Waals surface area contributed by atoms with E-state index in [4.69, 9.17) is 12.2 Å². The number of anilines is 1. The van der Waals surface area contributed by atoms with E-state index in [0.29, 0.717) is 11.5 Å². The van der Waals surface area contributed by atoms with E-state index in [1.54, 1.807) is 0 Å². The second kappa shape index (κ2) is 2.59. The number of hydrogen-bond acceptors (Lipinski definition) is 3. The molecule has 0 atom stereocenters. The van der Waals surface area contributed by atoms with Crippen molar-refractivity contribution in [2.45, 2.75) is 13.8 Å². The fourth-order valence-corrected chi connectivity index (χ4v) is 0.727. The van der Waals surface area contributed by atoms with Crippen molar-refractivity contribution >= 4 is 5.82 Å². The first-order valence-corrected chi connectivity index (χ1v) is 3.22. The van der Waals surface area contributed by atoms with Crippen LogP contribution >= 0.6 is 0 Å². The van der Waals surface area contributed by atoms with Gasteiger partial charge in [0.25, 0.3) is 0 Å². The van der Waals surface area contributed by atoms with Crippen molar-refractivity contribution in [2.24, 2.45) is 0 Å². The van der Waals surface area contributed by atoms with Gasteiger partial charge in [0.2, 0.25) is 0 Å². The predicted molar refractivity (Wildman–Crippen MR) is 43.9 cm³/mol. The van der Waals surface area contributed by atoms with Gasteiger partial charge < -0.3 is 5.73 Å². The summed E-state index contributed by atoms with van der Waals surface area (Å²) in [5.41, 5.74) is 7.56. The molecule has 0 aromatic carbocycles. The third-order valence-electron chi connectivity index (χ3n) is 1.47. The molecule has 11 heavy (non-hydrogen) atoms. The lowest BCUT2D eigenvalue weighted by Gasteiger charge is -2.01. The highest BCUT2D eigenvalue weighted by Gasteiger charge is 2.01. The zero-order valence-corrected chi connectivity index (χ0v) is 6.55. The molecule has 0 radical (unpaired) electrons. The molecule has 0 aliphatic rings. The van der Waals surface area contributed by atoms with Crippen LogP contribution in [0.25, 0.3) is 0 Å². The molecule has 56 valence electrons. The molecule has 3 heteroatoms. The molecular weight excluding hydrogens is 138 g/mol. The summed E-state index contributed by atoms with van der Waals surface area (Å²) < 4.78 is 0. The minimum Gasteiger partial charge on any atom is -0.381 e. The minimum atomic E-state index is 0.329. The number of rotatable bonds is 0. The Morgan fingerprint density at radius 2 is 1.82 bits per heavy atom. The molecule has 0 spiro atoms. The SMILES string of the molecule is C#Cc1nc(C)c(C)nc1N. The lowest BCUT2D eigenvalue weighted by molar-refractivity contribution is 1.04. The van der Waals surface area contributed by atoms with Crippen LogP contribution in [0, 0.1) is 26.2 Å². The Morgan fingerprint density at radius 3 is 2.36 bits per heavy atom. The molecular formula is C8H9N3. The molecule has 3 nitrogen and oxygen atoms in total. The average Bonchev–Trinajstić information content (AvgIpc) is 1.97. The number of aryl methyl sites for hydroxylation is 2. The van der Waals surface area contributed by atoms with Crippen molar-refractivity contribution in [3.63, 3.8) is 0 Å². The zero-order chi connectivity index (χ0) is 8.43. The van der Waals surface area contributed by atoms with Crippen molar-refractivity contribution in [1.82, 2.24) is 9.97 Å². The Hall–Kier alpha value is -1.56. The first-order valence-electron chi connectivity index (χ1n) is 3.22. The molecule has 0 aliphatic heterocycles. The number of terminal acetylenes is 1. The summed E-state index contributed by atoms with van der Waals surface area (Å²) in [4.78, 5) is 8.08. The van der Waals surface area contributed by atoms with Crippen LogP contribution in [-0.2, 0) is 0 Å². The Labute approximate surface area is 65.7 Å². The van der Waals surface area contributed by atoms with E-state index in [1.807, 2.05) is 13.8 Å². The molecule has 0 amide bonds. The van der Waals surface area contributed by atoms with Crippen LogP contribution in [0.15, 0.2) is 0 Å². The number of nitrogens with zero attached hydrogens (tertiary/aromatic N) is 2. The van der Waals surface area contributed by atoms with Crippen LogP contribution in [0.2, 0.25) is 0 Å². The largest absolute Gasteiger partial charge is 0.381 e. The topological polar surface area (TPSA) is 51.8 Å². The summed E-state index contributed by atoms with van der Waals surface area (Å²) in [6, 6.07) is 0. The van der Waals surface area contributed by atoms with Gasteiger partial charge in [0.05, 0.1) is 11.4 Å². The summed E-state index contributed by atoms with van der Waals surface area (Å²) in [7, 11) is 0. The summed E-state index contributed by atoms with van der Waals surface area (Å²) >= 11 is 0. The third kappa shape index (κ3) is 1.30. The Bertz CT molecular complexity index is 323. The van der Waals surface area contributed by atoms with E-state index in [9.17, 15) is 0 Å². The minimum absolute atomic E-state index is 0.329. The Morgan fingerprint density at radius 1 is 1.27 bits per heavy atom. The smallest absolute Gasteiger partial charge is 0.158 e. The first-order chi connectivity index (χ1) is 5.15. The fourth-order valence-electron chi connectivity index (χ4n) is 0.727. The van der Waals surface area contributed by atoms with Crippen LogP contribution in [-0.4, -0.2) is 9.97 Å². The van der Waals surface area contributed by atoms with Crippen molar-refractivity contribution in [2.75, 3.05) is 5.73 Å². The van der Waals surface area contributed by atoms with Crippen LogP contribution in [0.5, 0.6) is 0 Å². The highest BCUT2D eigenvalue weighted by molar-refractivity contribution is 5.45. The van der Waals surface area contributed by atoms with Gasteiger partial charge in [0.1, 0.15) is 0 Å². The molecule has 0 saturated heterocycles. The lowest BCUT2D eigenvalue weighted by Crippen LogP contribution is -2.02. The van der Waals surface area contributed by atoms with Crippen molar-refractivity contribution < 1.29 is 0 Å².